The van der Waals surface area contributed by atoms with Crippen molar-refractivity contribution in [2.75, 3.05) is 20.8 Å². The lowest BCUT2D eigenvalue weighted by atomic mass is 9.71. The van der Waals surface area contributed by atoms with Crippen molar-refractivity contribution in [1.29, 1.82) is 0 Å². The molecule has 0 N–H and O–H groups in total. The fourth-order valence-corrected chi connectivity index (χ4v) is 7.36. The zero-order valence-corrected chi connectivity index (χ0v) is 27.2. The maximum Gasteiger partial charge on any atom is 0.461 e. The highest BCUT2D eigenvalue weighted by atomic mass is 16.7. The van der Waals surface area contributed by atoms with Crippen molar-refractivity contribution in [3.63, 3.8) is 0 Å². The van der Waals surface area contributed by atoms with Gasteiger partial charge in [0.05, 0.1) is 12.2 Å². The topological polar surface area (TPSA) is 63.2 Å². The first-order valence-corrected chi connectivity index (χ1v) is 16.5. The highest BCUT2D eigenvalue weighted by Crippen LogP contribution is 2.56. The zero-order chi connectivity index (χ0) is 33.0. The van der Waals surface area contributed by atoms with Gasteiger partial charge >= 0.3 is 13.1 Å². The van der Waals surface area contributed by atoms with Crippen molar-refractivity contribution in [1.82, 2.24) is 0 Å². The molecule has 2 aliphatic rings. The summed E-state index contributed by atoms with van der Waals surface area (Å²) in [5, 5.41) is 0. The minimum atomic E-state index is -1.07. The number of esters is 1. The van der Waals surface area contributed by atoms with Crippen molar-refractivity contribution in [3.8, 4) is 0 Å². The van der Waals surface area contributed by atoms with Crippen LogP contribution in [0.15, 0.2) is 152 Å². The lowest BCUT2D eigenvalue weighted by molar-refractivity contribution is -0.136. The second kappa shape index (κ2) is 13.9. The minimum absolute atomic E-state index is 0.0169. The molecule has 5 aromatic carbocycles. The molecule has 0 aromatic heterocycles. The van der Waals surface area contributed by atoms with Crippen LogP contribution >= 0.6 is 0 Å². The summed E-state index contributed by atoms with van der Waals surface area (Å²) in [7, 11) is 2.87. The molecule has 0 bridgehead atoms. The smallest absolute Gasteiger partial charge is 0.461 e. The summed E-state index contributed by atoms with van der Waals surface area (Å²) < 4.78 is 33.5. The Morgan fingerprint density at radius 2 is 0.958 bits per heavy atom. The molecule has 1 saturated carbocycles. The first-order chi connectivity index (χ1) is 23.6. The average molecular weight is 639 g/mol. The van der Waals surface area contributed by atoms with E-state index in [9.17, 15) is 4.79 Å². The molecule has 4 atom stereocenters. The standard InChI is InChI=1S/C41H39BO6/c1-44-40(32-20-10-4-11-21-32,33-22-12-5-13-23-33)37-38(41(45-2,34-24-14-6-15-25-34)35-26-16-7-17-27-35)48-42(47-37)36-28-31(36)29-46-39(43)30-18-8-3-9-19-30/h3-27,31,36-38H,28-29H2,1-2H3/t31-,36-,37-,38-/m1/s1. The summed E-state index contributed by atoms with van der Waals surface area (Å²) in [6.07, 6.45) is -0.518. The molecule has 1 heterocycles. The Hall–Kier alpha value is -4.53. The van der Waals surface area contributed by atoms with Crippen LogP contribution in [0.2, 0.25) is 5.82 Å². The highest BCUT2D eigenvalue weighted by Gasteiger charge is 2.65. The van der Waals surface area contributed by atoms with Crippen molar-refractivity contribution < 1.29 is 28.3 Å². The van der Waals surface area contributed by atoms with Crippen LogP contribution in [0, 0.1) is 5.92 Å². The number of hydrogen-bond acceptors (Lipinski definition) is 6. The number of methoxy groups -OCH3 is 2. The van der Waals surface area contributed by atoms with Crippen molar-refractivity contribution in [3.05, 3.63) is 179 Å². The van der Waals surface area contributed by atoms with Crippen LogP contribution in [0.1, 0.15) is 39.0 Å². The van der Waals surface area contributed by atoms with Crippen molar-refractivity contribution in [2.24, 2.45) is 5.92 Å². The van der Waals surface area contributed by atoms with E-state index >= 15 is 0 Å². The van der Waals surface area contributed by atoms with Crippen LogP contribution in [-0.4, -0.2) is 46.1 Å². The Morgan fingerprint density at radius 1 is 0.604 bits per heavy atom. The molecule has 1 saturated heterocycles. The van der Waals surface area contributed by atoms with E-state index in [-0.39, 0.29) is 24.3 Å². The Kier molecular flexibility index (Phi) is 9.29. The van der Waals surface area contributed by atoms with Crippen LogP contribution in [0.4, 0.5) is 0 Å². The fourth-order valence-electron chi connectivity index (χ4n) is 7.36. The van der Waals surface area contributed by atoms with Crippen LogP contribution in [-0.2, 0) is 34.7 Å². The first kappa shape index (κ1) is 32.0. The molecule has 5 aromatic rings. The molecule has 6 nitrogen and oxygen atoms in total. The Morgan fingerprint density at radius 3 is 1.31 bits per heavy atom. The number of ether oxygens (including phenoxy) is 3. The predicted molar refractivity (Wildman–Crippen MR) is 185 cm³/mol. The predicted octanol–water partition coefficient (Wildman–Crippen LogP) is 7.69. The van der Waals surface area contributed by atoms with Gasteiger partial charge in [-0.25, -0.2) is 4.79 Å². The Bertz CT molecular complexity index is 1590. The molecule has 2 fully saturated rings. The van der Waals surface area contributed by atoms with Crippen molar-refractivity contribution >= 4 is 13.1 Å². The number of hydrogen-bond donors (Lipinski definition) is 0. The molecule has 0 radical (unpaired) electrons. The van der Waals surface area contributed by atoms with Gasteiger partial charge < -0.3 is 23.5 Å². The summed E-state index contributed by atoms with van der Waals surface area (Å²) in [5.74, 6) is -0.218. The number of carbonyl (C=O) groups is 1. The molecular formula is C41H39BO6. The molecule has 7 heteroatoms. The van der Waals surface area contributed by atoms with Gasteiger partial charge in [0, 0.05) is 20.0 Å². The quantitative estimate of drug-likeness (QED) is 0.103. The van der Waals surface area contributed by atoms with Gasteiger partial charge in [0.1, 0.15) is 23.4 Å². The normalized spacial score (nSPS) is 20.8. The van der Waals surface area contributed by atoms with E-state index in [1.54, 1.807) is 26.4 Å². The summed E-state index contributed by atoms with van der Waals surface area (Å²) in [4.78, 5) is 12.8. The lowest BCUT2D eigenvalue weighted by Crippen LogP contribution is -2.56. The van der Waals surface area contributed by atoms with Gasteiger partial charge in [0.2, 0.25) is 0 Å². The van der Waals surface area contributed by atoms with E-state index in [2.05, 4.69) is 48.5 Å². The summed E-state index contributed by atoms with van der Waals surface area (Å²) in [6, 6.07) is 49.8. The summed E-state index contributed by atoms with van der Waals surface area (Å²) in [5.41, 5.74) is 2.15. The van der Waals surface area contributed by atoms with Gasteiger partial charge in [-0.3, -0.25) is 0 Å². The molecule has 0 spiro atoms. The number of rotatable bonds is 12. The van der Waals surface area contributed by atoms with E-state index in [1.165, 1.54) is 0 Å². The second-order valence-electron chi connectivity index (χ2n) is 12.4. The SMILES string of the molecule is COC(c1ccccc1)(c1ccccc1)[C@@H]1OB([C@@H]2C[C@@H]2COC(=O)c2ccccc2)O[C@H]1C(OC)(c1ccccc1)c1ccccc1. The third-order valence-corrected chi connectivity index (χ3v) is 9.86. The molecule has 0 amide bonds. The van der Waals surface area contributed by atoms with Gasteiger partial charge in [-0.05, 0) is 46.7 Å². The van der Waals surface area contributed by atoms with E-state index < -0.39 is 30.5 Å². The third-order valence-electron chi connectivity index (χ3n) is 9.86. The van der Waals surface area contributed by atoms with Gasteiger partial charge in [0.15, 0.2) is 0 Å². The third kappa shape index (κ3) is 5.77. The summed E-state index contributed by atoms with van der Waals surface area (Å²) in [6.45, 7) is 0.288. The van der Waals surface area contributed by atoms with Gasteiger partial charge in [0.25, 0.3) is 0 Å². The molecule has 7 rings (SSSR count). The van der Waals surface area contributed by atoms with Crippen LogP contribution in [0.25, 0.3) is 0 Å². The van der Waals surface area contributed by atoms with E-state index in [1.807, 2.05) is 91.0 Å². The number of benzene rings is 5. The average Bonchev–Trinajstić information content (AvgIpc) is 3.82. The first-order valence-electron chi connectivity index (χ1n) is 16.5. The monoisotopic (exact) mass is 638 g/mol. The van der Waals surface area contributed by atoms with E-state index in [0.717, 1.165) is 28.7 Å². The number of carbonyl (C=O) groups excluding carboxylic acids is 1. The second-order valence-corrected chi connectivity index (χ2v) is 12.4. The highest BCUT2D eigenvalue weighted by molar-refractivity contribution is 6.48. The zero-order valence-electron chi connectivity index (χ0n) is 27.2. The van der Waals surface area contributed by atoms with E-state index in [4.69, 9.17) is 23.5 Å². The van der Waals surface area contributed by atoms with Crippen molar-refractivity contribution in [2.45, 2.75) is 35.6 Å². The van der Waals surface area contributed by atoms with E-state index in [0.29, 0.717) is 5.56 Å². The van der Waals surface area contributed by atoms with Crippen LogP contribution < -0.4 is 0 Å². The lowest BCUT2D eigenvalue weighted by Gasteiger charge is -2.47. The van der Waals surface area contributed by atoms with Gasteiger partial charge in [-0.1, -0.05) is 140 Å². The van der Waals surface area contributed by atoms with Gasteiger partial charge in [-0.2, -0.15) is 0 Å². The molecule has 242 valence electrons. The molecule has 0 unspecified atom stereocenters. The maximum absolute atomic E-state index is 12.8. The summed E-state index contributed by atoms with van der Waals surface area (Å²) >= 11 is 0. The van der Waals surface area contributed by atoms with Gasteiger partial charge in [-0.15, -0.1) is 0 Å². The largest absolute Gasteiger partial charge is 0.462 e. The Balaban J connectivity index is 1.32. The molecule has 48 heavy (non-hydrogen) atoms. The molecule has 1 aliphatic carbocycles. The minimum Gasteiger partial charge on any atom is -0.462 e. The molecule has 1 aliphatic heterocycles. The van der Waals surface area contributed by atoms with Crippen LogP contribution in [0.5, 0.6) is 0 Å². The maximum atomic E-state index is 12.8. The molecular weight excluding hydrogens is 599 g/mol. The van der Waals surface area contributed by atoms with Crippen LogP contribution in [0.3, 0.4) is 0 Å². The fraction of sp³-hybridized carbons (Fsp3) is 0.244. The Labute approximate surface area is 282 Å².